The van der Waals surface area contributed by atoms with Crippen LogP contribution in [0.1, 0.15) is 27.2 Å². The molecule has 0 heterocycles. The van der Waals surface area contributed by atoms with Crippen LogP contribution < -0.4 is 42.4 Å². The van der Waals surface area contributed by atoms with Crippen molar-refractivity contribution in [2.24, 2.45) is 0 Å². The SMILES string of the molecule is CC[Si](C)(C1=C(C)C[C]([Ti+3])=C1C)c1ccccc1.[Cl-].[Cl-].[Cl-]. The van der Waals surface area contributed by atoms with Gasteiger partial charge in [-0.1, -0.05) is 0 Å². The molecule has 1 aromatic carbocycles. The maximum absolute atomic E-state index is 2.53. The summed E-state index contributed by atoms with van der Waals surface area (Å²) in [4.78, 5) is 0. The Labute approximate surface area is 160 Å². The molecule has 0 fully saturated rings. The van der Waals surface area contributed by atoms with E-state index in [1.807, 2.05) is 0 Å². The summed E-state index contributed by atoms with van der Waals surface area (Å²) >= 11 is 2.29. The first-order valence-corrected chi connectivity index (χ1v) is 10.2. The topological polar surface area (TPSA) is 0 Å². The van der Waals surface area contributed by atoms with E-state index in [-0.39, 0.29) is 37.2 Å². The first-order chi connectivity index (χ1) is 8.50. The van der Waals surface area contributed by atoms with Crippen molar-refractivity contribution < 1.29 is 57.7 Å². The summed E-state index contributed by atoms with van der Waals surface area (Å²) in [5.41, 5.74) is 3.19. The number of rotatable bonds is 3. The summed E-state index contributed by atoms with van der Waals surface area (Å²) in [6.07, 6.45) is 1.19. The molecule has 0 nitrogen and oxygen atoms in total. The standard InChI is InChI=1S/C16H21Si.3ClH.Ti/c1-5-17(4,15-9-7-6-8-10-15)16-13(2)11-12-14(16)3;;;;/h6-10H,5,11H2,1-4H3;3*1H;/q;;;;+3/p-3. The van der Waals surface area contributed by atoms with E-state index in [0.29, 0.717) is 0 Å². The van der Waals surface area contributed by atoms with Crippen LogP contribution in [-0.4, -0.2) is 8.07 Å². The third-order valence-corrected chi connectivity index (χ3v) is 10.2. The van der Waals surface area contributed by atoms with Crippen LogP contribution in [0.5, 0.6) is 0 Å². The average Bonchev–Trinajstić information content (AvgIpc) is 2.64. The second-order valence-corrected chi connectivity index (χ2v) is 10.9. The van der Waals surface area contributed by atoms with Crippen LogP contribution >= 0.6 is 0 Å². The number of allylic oxidation sites excluding steroid dienone is 4. The van der Waals surface area contributed by atoms with Crippen LogP contribution in [0.15, 0.2) is 50.6 Å². The molecule has 2 rings (SSSR count). The summed E-state index contributed by atoms with van der Waals surface area (Å²) in [5, 5.41) is 3.30. The van der Waals surface area contributed by atoms with Crippen LogP contribution in [0, 0.1) is 0 Å². The van der Waals surface area contributed by atoms with Gasteiger partial charge in [0.15, 0.2) is 0 Å². The third-order valence-electron chi connectivity index (χ3n) is 4.37. The minimum Gasteiger partial charge on any atom is -1.00 e. The summed E-state index contributed by atoms with van der Waals surface area (Å²) in [6, 6.07) is 12.4. The van der Waals surface area contributed by atoms with Crippen molar-refractivity contribution in [3.63, 3.8) is 0 Å². The van der Waals surface area contributed by atoms with Gasteiger partial charge in [-0.05, 0) is 0 Å². The van der Waals surface area contributed by atoms with E-state index < -0.39 is 8.07 Å². The van der Waals surface area contributed by atoms with E-state index >= 15 is 0 Å². The van der Waals surface area contributed by atoms with Gasteiger partial charge in [-0.15, -0.1) is 0 Å². The smallest absolute Gasteiger partial charge is 1.00 e. The molecule has 0 saturated carbocycles. The maximum atomic E-state index is 2.53. The van der Waals surface area contributed by atoms with E-state index in [9.17, 15) is 0 Å². The van der Waals surface area contributed by atoms with Crippen molar-refractivity contribution in [1.82, 2.24) is 0 Å². The molecule has 0 bridgehead atoms. The minimum atomic E-state index is -1.51. The zero-order valence-corrected chi connectivity index (χ0v) is 17.8. The molecule has 1 aliphatic rings. The van der Waals surface area contributed by atoms with E-state index in [1.165, 1.54) is 12.5 Å². The monoisotopic (exact) mass is 394 g/mol. The first kappa shape index (κ1) is 23.8. The second-order valence-electron chi connectivity index (χ2n) is 5.49. The molecule has 0 spiro atoms. The van der Waals surface area contributed by atoms with E-state index in [1.54, 1.807) is 25.4 Å². The fourth-order valence-corrected chi connectivity index (χ4v) is 7.97. The van der Waals surface area contributed by atoms with Crippen LogP contribution in [0.2, 0.25) is 12.6 Å². The van der Waals surface area contributed by atoms with E-state index in [2.05, 4.69) is 78.1 Å². The van der Waals surface area contributed by atoms with E-state index in [4.69, 9.17) is 0 Å². The Hall–Kier alpha value is 0.501. The molecule has 0 aliphatic heterocycles. The van der Waals surface area contributed by atoms with E-state index in [0.717, 1.165) is 0 Å². The Morgan fingerprint density at radius 1 is 1.05 bits per heavy atom. The fourth-order valence-electron chi connectivity index (χ4n) is 3.17. The molecule has 0 aromatic heterocycles. The Morgan fingerprint density at radius 2 is 1.57 bits per heavy atom. The molecule has 0 saturated heterocycles. The number of halogens is 3. The van der Waals surface area contributed by atoms with Gasteiger partial charge in [0.25, 0.3) is 0 Å². The summed E-state index contributed by atoms with van der Waals surface area (Å²) in [5.74, 6) is 0. The zero-order chi connectivity index (χ0) is 13.3. The van der Waals surface area contributed by atoms with Gasteiger partial charge in [0.1, 0.15) is 0 Å². The normalized spacial score (nSPS) is 16.7. The van der Waals surface area contributed by atoms with Crippen molar-refractivity contribution in [2.75, 3.05) is 0 Å². The van der Waals surface area contributed by atoms with Crippen molar-refractivity contribution in [2.45, 2.75) is 39.8 Å². The van der Waals surface area contributed by atoms with Crippen molar-refractivity contribution in [3.05, 3.63) is 50.6 Å². The second kappa shape index (κ2) is 9.60. The number of hydrogen-bond acceptors (Lipinski definition) is 0. The van der Waals surface area contributed by atoms with Crippen LogP contribution in [0.3, 0.4) is 0 Å². The molecule has 0 radical (unpaired) electrons. The largest absolute Gasteiger partial charge is 1.00 e. The van der Waals surface area contributed by atoms with Crippen LogP contribution in [0.25, 0.3) is 0 Å². The maximum Gasteiger partial charge on any atom is -1.00 e. The zero-order valence-electron chi connectivity index (χ0n) is 12.9. The molecule has 0 N–H and O–H groups in total. The molecular weight excluding hydrogens is 374 g/mol. The Morgan fingerprint density at radius 3 is 1.95 bits per heavy atom. The fraction of sp³-hybridized carbons (Fsp3) is 0.375. The molecule has 5 heteroatoms. The number of hydrogen-bond donors (Lipinski definition) is 0. The molecular formula is C16H21Cl3SiTi. The molecule has 1 unspecified atom stereocenters. The molecule has 0 amide bonds. The molecule has 114 valence electrons. The summed E-state index contributed by atoms with van der Waals surface area (Å²) < 4.78 is 1.57. The third kappa shape index (κ3) is 4.50. The summed E-state index contributed by atoms with van der Waals surface area (Å²) in [6.45, 7) is 9.55. The molecule has 1 aromatic rings. The van der Waals surface area contributed by atoms with Gasteiger partial charge in [0, 0.05) is 0 Å². The molecule has 1 atom stereocenters. The Kier molecular flexibility index (Phi) is 10.9. The number of benzene rings is 1. The minimum absolute atomic E-state index is 0. The predicted octanol–water partition coefficient (Wildman–Crippen LogP) is -4.92. The van der Waals surface area contributed by atoms with Gasteiger partial charge >= 0.3 is 124 Å². The summed E-state index contributed by atoms with van der Waals surface area (Å²) in [7, 11) is -1.51. The molecule has 21 heavy (non-hydrogen) atoms. The van der Waals surface area contributed by atoms with Crippen LogP contribution in [-0.2, 0) is 20.4 Å². The Balaban J connectivity index is 0. The predicted molar refractivity (Wildman–Crippen MR) is 78.2 cm³/mol. The van der Waals surface area contributed by atoms with Crippen LogP contribution in [0.4, 0.5) is 0 Å². The van der Waals surface area contributed by atoms with Gasteiger partial charge in [0.05, 0.1) is 0 Å². The first-order valence-electron chi connectivity index (χ1n) is 6.68. The van der Waals surface area contributed by atoms with Gasteiger partial charge in [-0.2, -0.15) is 0 Å². The van der Waals surface area contributed by atoms with Gasteiger partial charge < -0.3 is 37.2 Å². The van der Waals surface area contributed by atoms with Crippen molar-refractivity contribution in [3.8, 4) is 0 Å². The average molecular weight is 396 g/mol. The quantitative estimate of drug-likeness (QED) is 0.450. The van der Waals surface area contributed by atoms with Crippen molar-refractivity contribution in [1.29, 1.82) is 0 Å². The van der Waals surface area contributed by atoms with Crippen molar-refractivity contribution >= 4 is 13.3 Å². The molecule has 1 aliphatic carbocycles. The van der Waals surface area contributed by atoms with Gasteiger partial charge in [0.2, 0.25) is 0 Å². The van der Waals surface area contributed by atoms with Gasteiger partial charge in [-0.25, -0.2) is 0 Å². The Bertz CT molecular complexity index is 526. The van der Waals surface area contributed by atoms with Gasteiger partial charge in [-0.3, -0.25) is 0 Å².